The number of hydrogen-bond donors (Lipinski definition) is 0. The fraction of sp³-hybridized carbons (Fsp3) is 0.381. The Kier molecular flexibility index (Phi) is 5.66. The van der Waals surface area contributed by atoms with E-state index in [-0.39, 0.29) is 12.5 Å². The van der Waals surface area contributed by atoms with Crippen LogP contribution >= 0.6 is 0 Å². The van der Waals surface area contributed by atoms with Crippen molar-refractivity contribution in [2.45, 2.75) is 13.8 Å². The molecule has 5 heteroatoms. The summed E-state index contributed by atoms with van der Waals surface area (Å²) < 4.78 is 10.9. The predicted molar refractivity (Wildman–Crippen MR) is 103 cm³/mol. The van der Waals surface area contributed by atoms with E-state index < -0.39 is 0 Å². The summed E-state index contributed by atoms with van der Waals surface area (Å²) in [7, 11) is 1.67. The molecule has 2 aromatic carbocycles. The van der Waals surface area contributed by atoms with E-state index in [2.05, 4.69) is 17.0 Å². The van der Waals surface area contributed by atoms with E-state index in [9.17, 15) is 4.79 Å². The molecule has 0 aromatic heterocycles. The summed E-state index contributed by atoms with van der Waals surface area (Å²) in [6.07, 6.45) is 0. The van der Waals surface area contributed by atoms with Gasteiger partial charge in [-0.05, 0) is 55.3 Å². The number of rotatable bonds is 5. The summed E-state index contributed by atoms with van der Waals surface area (Å²) >= 11 is 0. The van der Waals surface area contributed by atoms with E-state index in [1.54, 1.807) is 7.11 Å². The minimum Gasteiger partial charge on any atom is -0.497 e. The van der Waals surface area contributed by atoms with Gasteiger partial charge < -0.3 is 19.3 Å². The fourth-order valence-corrected chi connectivity index (χ4v) is 3.12. The zero-order chi connectivity index (χ0) is 18.5. The molecule has 0 bridgehead atoms. The average molecular weight is 354 g/mol. The van der Waals surface area contributed by atoms with Crippen molar-refractivity contribution in [3.63, 3.8) is 0 Å². The van der Waals surface area contributed by atoms with Crippen LogP contribution in [0.25, 0.3) is 0 Å². The molecule has 1 fully saturated rings. The third-order valence-corrected chi connectivity index (χ3v) is 4.98. The second-order valence-electron chi connectivity index (χ2n) is 6.55. The van der Waals surface area contributed by atoms with Crippen LogP contribution < -0.4 is 14.4 Å². The van der Waals surface area contributed by atoms with Crippen molar-refractivity contribution in [1.82, 2.24) is 4.90 Å². The van der Waals surface area contributed by atoms with Crippen molar-refractivity contribution in [2.75, 3.05) is 44.8 Å². The molecule has 1 heterocycles. The zero-order valence-electron chi connectivity index (χ0n) is 15.7. The Labute approximate surface area is 155 Å². The molecule has 26 heavy (non-hydrogen) atoms. The first-order chi connectivity index (χ1) is 12.6. The third-order valence-electron chi connectivity index (χ3n) is 4.98. The van der Waals surface area contributed by atoms with Gasteiger partial charge in [0.2, 0.25) is 0 Å². The second kappa shape index (κ2) is 8.13. The molecule has 2 aromatic rings. The van der Waals surface area contributed by atoms with Crippen LogP contribution in [0.5, 0.6) is 11.5 Å². The first-order valence-electron chi connectivity index (χ1n) is 8.94. The number of nitrogens with zero attached hydrogens (tertiary/aromatic N) is 2. The maximum Gasteiger partial charge on any atom is 0.260 e. The van der Waals surface area contributed by atoms with Gasteiger partial charge in [-0.15, -0.1) is 0 Å². The maximum atomic E-state index is 12.5. The minimum atomic E-state index is 0.0419. The molecule has 1 aliphatic rings. The topological polar surface area (TPSA) is 42.0 Å². The second-order valence-corrected chi connectivity index (χ2v) is 6.55. The first-order valence-corrected chi connectivity index (χ1v) is 8.94. The number of benzene rings is 2. The van der Waals surface area contributed by atoms with Crippen LogP contribution in [0.2, 0.25) is 0 Å². The smallest absolute Gasteiger partial charge is 0.260 e. The van der Waals surface area contributed by atoms with Gasteiger partial charge in [-0.3, -0.25) is 4.79 Å². The average Bonchev–Trinajstić information content (AvgIpc) is 2.69. The monoisotopic (exact) mass is 354 g/mol. The van der Waals surface area contributed by atoms with Crippen LogP contribution in [-0.4, -0.2) is 50.7 Å². The van der Waals surface area contributed by atoms with Gasteiger partial charge in [0.25, 0.3) is 5.91 Å². The number of anilines is 1. The minimum absolute atomic E-state index is 0.0419. The van der Waals surface area contributed by atoms with Crippen molar-refractivity contribution >= 4 is 11.6 Å². The molecule has 0 unspecified atom stereocenters. The van der Waals surface area contributed by atoms with E-state index in [4.69, 9.17) is 9.47 Å². The van der Waals surface area contributed by atoms with Crippen molar-refractivity contribution in [1.29, 1.82) is 0 Å². The Balaban J connectivity index is 1.51. The lowest BCUT2D eigenvalue weighted by Crippen LogP contribution is -2.50. The standard InChI is InChI=1S/C21H26N2O3/c1-16-5-4-6-20(17(16)2)26-15-21(24)23-13-11-22(12-14-23)18-7-9-19(25-3)10-8-18/h4-10H,11-15H2,1-3H3. The van der Waals surface area contributed by atoms with E-state index in [1.807, 2.05) is 49.1 Å². The highest BCUT2D eigenvalue weighted by Crippen LogP contribution is 2.22. The molecule has 0 spiro atoms. The highest BCUT2D eigenvalue weighted by Gasteiger charge is 2.21. The van der Waals surface area contributed by atoms with Crippen molar-refractivity contribution in [3.8, 4) is 11.5 Å². The summed E-state index contributed by atoms with van der Waals surface area (Å²) in [6, 6.07) is 13.9. The van der Waals surface area contributed by atoms with Crippen molar-refractivity contribution in [2.24, 2.45) is 0 Å². The summed E-state index contributed by atoms with van der Waals surface area (Å²) in [6.45, 7) is 7.21. The van der Waals surface area contributed by atoms with Crippen molar-refractivity contribution < 1.29 is 14.3 Å². The van der Waals surface area contributed by atoms with Crippen LogP contribution in [0.4, 0.5) is 5.69 Å². The first kappa shape index (κ1) is 18.1. The van der Waals surface area contributed by atoms with Gasteiger partial charge in [-0.25, -0.2) is 0 Å². The van der Waals surface area contributed by atoms with Gasteiger partial charge >= 0.3 is 0 Å². The molecule has 0 radical (unpaired) electrons. The molecular formula is C21H26N2O3. The van der Waals surface area contributed by atoms with E-state index in [0.29, 0.717) is 13.1 Å². The molecule has 0 atom stereocenters. The molecule has 0 saturated carbocycles. The van der Waals surface area contributed by atoms with Crippen LogP contribution in [0.15, 0.2) is 42.5 Å². The third kappa shape index (κ3) is 4.10. The van der Waals surface area contributed by atoms with Gasteiger partial charge in [0.1, 0.15) is 11.5 Å². The van der Waals surface area contributed by atoms with E-state index in [1.165, 1.54) is 5.56 Å². The van der Waals surface area contributed by atoms with Crippen LogP contribution in [0.3, 0.4) is 0 Å². The molecule has 0 N–H and O–H groups in total. The quantitative estimate of drug-likeness (QED) is 0.828. The lowest BCUT2D eigenvalue weighted by Gasteiger charge is -2.36. The summed E-state index contributed by atoms with van der Waals surface area (Å²) in [5.41, 5.74) is 3.41. The van der Waals surface area contributed by atoms with Gasteiger partial charge in [0.15, 0.2) is 6.61 Å². The summed E-state index contributed by atoms with van der Waals surface area (Å²) in [4.78, 5) is 16.6. The Morgan fingerprint density at radius 2 is 1.69 bits per heavy atom. The maximum absolute atomic E-state index is 12.5. The van der Waals surface area contributed by atoms with Gasteiger partial charge in [-0.2, -0.15) is 0 Å². The van der Waals surface area contributed by atoms with Crippen molar-refractivity contribution in [3.05, 3.63) is 53.6 Å². The largest absolute Gasteiger partial charge is 0.497 e. The molecule has 3 rings (SSSR count). The number of amides is 1. The highest BCUT2D eigenvalue weighted by atomic mass is 16.5. The lowest BCUT2D eigenvalue weighted by atomic mass is 10.1. The molecule has 5 nitrogen and oxygen atoms in total. The van der Waals surface area contributed by atoms with Crippen LogP contribution in [0, 0.1) is 13.8 Å². The summed E-state index contributed by atoms with van der Waals surface area (Å²) in [5.74, 6) is 1.68. The van der Waals surface area contributed by atoms with Crippen LogP contribution in [-0.2, 0) is 4.79 Å². The number of aryl methyl sites for hydroxylation is 1. The Morgan fingerprint density at radius 3 is 2.35 bits per heavy atom. The number of piperazine rings is 1. The van der Waals surface area contributed by atoms with Gasteiger partial charge in [-0.1, -0.05) is 12.1 Å². The number of carbonyl (C=O) groups excluding carboxylic acids is 1. The van der Waals surface area contributed by atoms with E-state index in [0.717, 1.165) is 35.8 Å². The number of hydrogen-bond acceptors (Lipinski definition) is 4. The normalized spacial score (nSPS) is 14.3. The molecule has 1 saturated heterocycles. The Morgan fingerprint density at radius 1 is 1.00 bits per heavy atom. The highest BCUT2D eigenvalue weighted by molar-refractivity contribution is 5.78. The Hall–Kier alpha value is -2.69. The summed E-state index contributed by atoms with van der Waals surface area (Å²) in [5, 5.41) is 0. The molecule has 0 aliphatic carbocycles. The molecule has 1 amide bonds. The van der Waals surface area contributed by atoms with Gasteiger partial charge in [0, 0.05) is 31.9 Å². The number of carbonyl (C=O) groups is 1. The fourth-order valence-electron chi connectivity index (χ4n) is 3.12. The molecule has 138 valence electrons. The van der Waals surface area contributed by atoms with Gasteiger partial charge in [0.05, 0.1) is 7.11 Å². The number of ether oxygens (including phenoxy) is 2. The molecular weight excluding hydrogens is 328 g/mol. The number of methoxy groups -OCH3 is 1. The molecule has 1 aliphatic heterocycles. The lowest BCUT2D eigenvalue weighted by molar-refractivity contribution is -0.133. The van der Waals surface area contributed by atoms with Crippen LogP contribution in [0.1, 0.15) is 11.1 Å². The predicted octanol–water partition coefficient (Wildman–Crippen LogP) is 3.04. The zero-order valence-corrected chi connectivity index (χ0v) is 15.7. The van der Waals surface area contributed by atoms with E-state index >= 15 is 0 Å². The SMILES string of the molecule is COc1ccc(N2CCN(C(=O)COc3cccc(C)c3C)CC2)cc1. The Bertz CT molecular complexity index is 750.